The Labute approximate surface area is 258 Å². The number of amides is 3. The van der Waals surface area contributed by atoms with E-state index in [1.54, 1.807) is 41.7 Å². The van der Waals surface area contributed by atoms with E-state index in [-0.39, 0.29) is 23.7 Å². The highest BCUT2D eigenvalue weighted by atomic mass is 19.3. The zero-order valence-electron chi connectivity index (χ0n) is 24.8. The number of hydrogen-bond acceptors (Lipinski definition) is 8. The lowest BCUT2D eigenvalue weighted by Gasteiger charge is -2.40. The molecule has 2 aliphatic heterocycles. The number of rotatable bonds is 7. The Hall–Kier alpha value is -4.82. The van der Waals surface area contributed by atoms with E-state index in [0.717, 1.165) is 29.1 Å². The second-order valence-electron chi connectivity index (χ2n) is 11.1. The molecule has 3 amide bonds. The van der Waals surface area contributed by atoms with Gasteiger partial charge in [0.05, 0.1) is 11.9 Å². The molecule has 45 heavy (non-hydrogen) atoms. The number of carbonyl (C=O) groups excluding carboxylic acids is 2. The Morgan fingerprint density at radius 1 is 1.04 bits per heavy atom. The summed E-state index contributed by atoms with van der Waals surface area (Å²) in [5.41, 5.74) is 10.0. The van der Waals surface area contributed by atoms with Gasteiger partial charge < -0.3 is 35.8 Å². The first kappa shape index (κ1) is 30.2. The molecule has 14 heteroatoms. The molecule has 6 rings (SSSR count). The Morgan fingerprint density at radius 2 is 1.80 bits per heavy atom. The molecule has 236 valence electrons. The number of anilines is 2. The van der Waals surface area contributed by atoms with Crippen molar-refractivity contribution in [2.45, 2.75) is 19.6 Å². The van der Waals surface area contributed by atoms with Crippen LogP contribution in [0.1, 0.15) is 15.9 Å². The number of nitrogens with one attached hydrogen (secondary N) is 2. The number of halogens is 2. The van der Waals surface area contributed by atoms with Crippen LogP contribution in [-0.2, 0) is 0 Å². The van der Waals surface area contributed by atoms with E-state index < -0.39 is 6.61 Å². The van der Waals surface area contributed by atoms with Gasteiger partial charge in [-0.25, -0.2) is 14.8 Å². The summed E-state index contributed by atoms with van der Waals surface area (Å²) in [5.74, 6) is 0.524. The molecule has 2 saturated heterocycles. The van der Waals surface area contributed by atoms with Crippen molar-refractivity contribution in [1.29, 1.82) is 0 Å². The topological polar surface area (TPSA) is 133 Å². The number of carbonyl (C=O) groups is 2. The lowest BCUT2D eigenvalue weighted by molar-refractivity contribution is -0.0498. The Kier molecular flexibility index (Phi) is 8.76. The molecule has 12 nitrogen and oxygen atoms in total. The van der Waals surface area contributed by atoms with Crippen LogP contribution >= 0.6 is 0 Å². The number of nitrogens with zero attached hydrogens (tertiary/aromatic N) is 6. The monoisotopic (exact) mass is 619 g/mol. The third-order valence-electron chi connectivity index (χ3n) is 8.17. The van der Waals surface area contributed by atoms with Crippen molar-refractivity contribution < 1.29 is 23.1 Å². The predicted octanol–water partition coefficient (Wildman–Crippen LogP) is 3.16. The van der Waals surface area contributed by atoms with Gasteiger partial charge in [0, 0.05) is 87.6 Å². The fourth-order valence-electron chi connectivity index (χ4n) is 5.77. The molecule has 1 atom stereocenters. The first-order valence-corrected chi connectivity index (χ1v) is 14.8. The summed E-state index contributed by atoms with van der Waals surface area (Å²) in [4.78, 5) is 40.9. The van der Waals surface area contributed by atoms with Gasteiger partial charge in [-0.1, -0.05) is 0 Å². The molecule has 0 radical (unpaired) electrons. The quantitative estimate of drug-likeness (QED) is 0.288. The van der Waals surface area contributed by atoms with Crippen molar-refractivity contribution in [2.24, 2.45) is 5.73 Å². The van der Waals surface area contributed by atoms with E-state index >= 15 is 0 Å². The predicted molar refractivity (Wildman–Crippen MR) is 165 cm³/mol. The standard InChI is InChI=1S/C31H35F2N9O3/c1-20-16-22(38-27-28-37-18-26(42(28)11-9-36-27)21-2-5-24(6-3-21)45-30(32)33)4-7-25(20)29(43)39-12-14-40(15-13-39)31(44)41-10-8-35-23(17-34)19-41/h2-7,9,11,16,18,23,30,35H,8,10,12-15,17,19,34H2,1H3,(H,36,38). The molecule has 0 bridgehead atoms. The van der Waals surface area contributed by atoms with Crippen LogP contribution in [0, 0.1) is 6.92 Å². The normalized spacial score (nSPS) is 17.2. The van der Waals surface area contributed by atoms with Crippen LogP contribution < -0.4 is 21.1 Å². The first-order chi connectivity index (χ1) is 21.8. The largest absolute Gasteiger partial charge is 0.435 e. The zero-order valence-corrected chi connectivity index (χ0v) is 24.8. The van der Waals surface area contributed by atoms with Crippen LogP contribution in [0.3, 0.4) is 0 Å². The van der Waals surface area contributed by atoms with Gasteiger partial charge in [-0.15, -0.1) is 0 Å². The molecule has 2 aromatic carbocycles. The fraction of sp³-hybridized carbons (Fsp3) is 0.355. The zero-order chi connectivity index (χ0) is 31.5. The van der Waals surface area contributed by atoms with Gasteiger partial charge in [-0.3, -0.25) is 9.20 Å². The summed E-state index contributed by atoms with van der Waals surface area (Å²) in [6.45, 7) is 3.34. The van der Waals surface area contributed by atoms with Gasteiger partial charge in [-0.05, 0) is 55.0 Å². The molecule has 0 aliphatic carbocycles. The molecular weight excluding hydrogens is 584 g/mol. The summed E-state index contributed by atoms with van der Waals surface area (Å²) in [6.07, 6.45) is 5.10. The molecule has 0 spiro atoms. The van der Waals surface area contributed by atoms with Crippen molar-refractivity contribution in [3.63, 3.8) is 0 Å². The van der Waals surface area contributed by atoms with E-state index in [0.29, 0.717) is 62.8 Å². The van der Waals surface area contributed by atoms with E-state index in [1.165, 1.54) is 12.1 Å². The molecule has 4 N–H and O–H groups in total. The summed E-state index contributed by atoms with van der Waals surface area (Å²) in [7, 11) is 0. The van der Waals surface area contributed by atoms with Crippen molar-refractivity contribution in [1.82, 2.24) is 34.4 Å². The summed E-state index contributed by atoms with van der Waals surface area (Å²) >= 11 is 0. The van der Waals surface area contributed by atoms with Gasteiger partial charge in [0.15, 0.2) is 11.5 Å². The number of hydrogen-bond donors (Lipinski definition) is 3. The van der Waals surface area contributed by atoms with E-state index in [2.05, 4.69) is 25.3 Å². The number of benzene rings is 2. The van der Waals surface area contributed by atoms with Gasteiger partial charge in [0.2, 0.25) is 0 Å². The number of piperazine rings is 2. The maximum atomic E-state index is 13.4. The third kappa shape index (κ3) is 6.51. The highest BCUT2D eigenvalue weighted by Gasteiger charge is 2.30. The summed E-state index contributed by atoms with van der Waals surface area (Å²) in [6, 6.07) is 12.0. The molecule has 2 aromatic heterocycles. The molecule has 4 heterocycles. The van der Waals surface area contributed by atoms with E-state index in [1.807, 2.05) is 33.3 Å². The Morgan fingerprint density at radius 3 is 2.51 bits per heavy atom. The van der Waals surface area contributed by atoms with Crippen LogP contribution in [0.2, 0.25) is 0 Å². The molecule has 4 aromatic rings. The van der Waals surface area contributed by atoms with Crippen molar-refractivity contribution in [2.75, 3.05) is 57.7 Å². The lowest BCUT2D eigenvalue weighted by Crippen LogP contribution is -2.60. The SMILES string of the molecule is Cc1cc(Nc2nccn3c(-c4ccc(OC(F)F)cc4)cnc23)ccc1C(=O)N1CCN(C(=O)N2CCNC(CN)C2)CC1. The molecule has 0 saturated carbocycles. The van der Waals surface area contributed by atoms with Gasteiger partial charge in [0.25, 0.3) is 5.91 Å². The second kappa shape index (κ2) is 13.0. The average Bonchev–Trinajstić information content (AvgIpc) is 3.50. The number of ether oxygens (including phenoxy) is 1. The number of urea groups is 1. The highest BCUT2D eigenvalue weighted by Crippen LogP contribution is 2.28. The smallest absolute Gasteiger partial charge is 0.387 e. The molecule has 2 aliphatic rings. The maximum Gasteiger partial charge on any atom is 0.387 e. The number of imidazole rings is 1. The lowest BCUT2D eigenvalue weighted by atomic mass is 10.1. The Balaban J connectivity index is 1.10. The van der Waals surface area contributed by atoms with Crippen LogP contribution in [0.15, 0.2) is 61.1 Å². The first-order valence-electron chi connectivity index (χ1n) is 14.8. The Bertz CT molecular complexity index is 1670. The number of aryl methyl sites for hydroxylation is 1. The minimum Gasteiger partial charge on any atom is -0.435 e. The van der Waals surface area contributed by atoms with Crippen LogP contribution in [0.25, 0.3) is 16.9 Å². The molecular formula is C31H35F2N9O3. The number of nitrogens with two attached hydrogens (primary N) is 1. The van der Waals surface area contributed by atoms with Crippen LogP contribution in [0.5, 0.6) is 5.75 Å². The minimum absolute atomic E-state index is 0.000695. The van der Waals surface area contributed by atoms with Gasteiger partial charge in [0.1, 0.15) is 5.75 Å². The van der Waals surface area contributed by atoms with E-state index in [4.69, 9.17) is 5.73 Å². The van der Waals surface area contributed by atoms with Crippen molar-refractivity contribution in [3.05, 3.63) is 72.2 Å². The number of aromatic nitrogens is 3. The highest BCUT2D eigenvalue weighted by molar-refractivity contribution is 5.96. The maximum absolute atomic E-state index is 13.4. The van der Waals surface area contributed by atoms with E-state index in [9.17, 15) is 18.4 Å². The molecule has 1 unspecified atom stereocenters. The van der Waals surface area contributed by atoms with Gasteiger partial charge in [-0.2, -0.15) is 8.78 Å². The van der Waals surface area contributed by atoms with Crippen molar-refractivity contribution >= 4 is 29.1 Å². The van der Waals surface area contributed by atoms with Crippen LogP contribution in [0.4, 0.5) is 25.1 Å². The number of fused-ring (bicyclic) bond motifs is 1. The van der Waals surface area contributed by atoms with Crippen LogP contribution in [-0.4, -0.2) is 106 Å². The summed E-state index contributed by atoms with van der Waals surface area (Å²) < 4.78 is 31.3. The third-order valence-corrected chi connectivity index (χ3v) is 8.17. The summed E-state index contributed by atoms with van der Waals surface area (Å²) in [5, 5.41) is 6.62. The van der Waals surface area contributed by atoms with Crippen molar-refractivity contribution in [3.8, 4) is 17.0 Å². The second-order valence-corrected chi connectivity index (χ2v) is 11.1. The number of alkyl halides is 2. The minimum atomic E-state index is -2.89. The fourth-order valence-corrected chi connectivity index (χ4v) is 5.77. The van der Waals surface area contributed by atoms with Gasteiger partial charge >= 0.3 is 12.6 Å². The molecule has 2 fully saturated rings. The average molecular weight is 620 g/mol.